The van der Waals surface area contributed by atoms with Crippen LogP contribution in [0, 0.1) is 0 Å². The third-order valence-electron chi connectivity index (χ3n) is 2.85. The lowest BCUT2D eigenvalue weighted by Crippen LogP contribution is -2.04. The summed E-state index contributed by atoms with van der Waals surface area (Å²) in [4.78, 5) is 12.2. The van der Waals surface area contributed by atoms with Crippen LogP contribution in [0.4, 0.5) is 0 Å². The molecule has 0 unspecified atom stereocenters. The third-order valence-corrected chi connectivity index (χ3v) is 3.44. The fourth-order valence-corrected chi connectivity index (χ4v) is 2.32. The van der Waals surface area contributed by atoms with Crippen LogP contribution in [0.25, 0.3) is 0 Å². The van der Waals surface area contributed by atoms with Crippen molar-refractivity contribution in [3.8, 4) is 5.75 Å². The Morgan fingerprint density at radius 1 is 1.10 bits per heavy atom. The van der Waals surface area contributed by atoms with Gasteiger partial charge in [-0.25, -0.2) is 0 Å². The molecule has 0 saturated heterocycles. The zero-order chi connectivity index (χ0) is 14.5. The minimum Gasteiger partial charge on any atom is -0.494 e. The molecule has 0 aromatic heterocycles. The summed E-state index contributed by atoms with van der Waals surface area (Å²) in [5.74, 6) is 0.769. The van der Waals surface area contributed by atoms with Crippen LogP contribution in [0.2, 0.25) is 10.0 Å². The molecule has 20 heavy (non-hydrogen) atoms. The van der Waals surface area contributed by atoms with Crippen molar-refractivity contribution in [2.75, 3.05) is 6.61 Å². The number of halogens is 2. The van der Waals surface area contributed by atoms with Gasteiger partial charge in [-0.2, -0.15) is 0 Å². The van der Waals surface area contributed by atoms with Crippen LogP contribution < -0.4 is 4.74 Å². The van der Waals surface area contributed by atoms with Crippen molar-refractivity contribution in [1.82, 2.24) is 0 Å². The number of rotatable bonds is 5. The van der Waals surface area contributed by atoms with Gasteiger partial charge in [0, 0.05) is 22.0 Å². The lowest BCUT2D eigenvalue weighted by molar-refractivity contribution is 0.0993. The van der Waals surface area contributed by atoms with E-state index in [2.05, 4.69) is 0 Å². The van der Waals surface area contributed by atoms with E-state index >= 15 is 0 Å². The molecule has 0 aliphatic rings. The van der Waals surface area contributed by atoms with E-state index in [9.17, 15) is 4.79 Å². The van der Waals surface area contributed by atoms with Gasteiger partial charge in [0.25, 0.3) is 0 Å². The molecular weight excluding hydrogens is 295 g/mol. The molecule has 0 fully saturated rings. The smallest absolute Gasteiger partial charge is 0.167 e. The Hall–Kier alpha value is -1.51. The third kappa shape index (κ3) is 3.75. The van der Waals surface area contributed by atoms with Crippen LogP contribution in [-0.2, 0) is 6.42 Å². The van der Waals surface area contributed by atoms with Crippen molar-refractivity contribution in [2.45, 2.75) is 13.3 Å². The molecule has 0 amide bonds. The molecule has 4 heteroatoms. The Morgan fingerprint density at radius 3 is 2.40 bits per heavy atom. The van der Waals surface area contributed by atoms with E-state index in [1.807, 2.05) is 6.92 Å². The molecule has 2 rings (SSSR count). The van der Waals surface area contributed by atoms with Crippen molar-refractivity contribution in [1.29, 1.82) is 0 Å². The number of carbonyl (C=O) groups excluding carboxylic acids is 1. The Bertz CT molecular complexity index is 606. The molecule has 104 valence electrons. The maximum atomic E-state index is 12.2. The number of hydrogen-bond acceptors (Lipinski definition) is 2. The normalized spacial score (nSPS) is 10.3. The molecule has 2 nitrogen and oxygen atoms in total. The second-order valence-corrected chi connectivity index (χ2v) is 5.14. The molecule has 0 atom stereocenters. The van der Waals surface area contributed by atoms with Crippen molar-refractivity contribution in [3.63, 3.8) is 0 Å². The second kappa shape index (κ2) is 6.78. The standard InChI is InChI=1S/C16H14Cl2O2/c1-2-20-14-7-4-11(5-8-14)16(19)9-12-3-6-13(17)10-15(12)18/h3-8,10H,2,9H2,1H3. The monoisotopic (exact) mass is 308 g/mol. The predicted octanol–water partition coefficient (Wildman–Crippen LogP) is 4.82. The molecule has 0 heterocycles. The number of benzene rings is 2. The van der Waals surface area contributed by atoms with Gasteiger partial charge in [-0.3, -0.25) is 4.79 Å². The average Bonchev–Trinajstić information content (AvgIpc) is 2.43. The largest absolute Gasteiger partial charge is 0.494 e. The van der Waals surface area contributed by atoms with Crippen molar-refractivity contribution in [2.24, 2.45) is 0 Å². The molecule has 2 aromatic carbocycles. The van der Waals surface area contributed by atoms with E-state index in [1.165, 1.54) is 0 Å². The predicted molar refractivity (Wildman–Crippen MR) is 82.1 cm³/mol. The highest BCUT2D eigenvalue weighted by molar-refractivity contribution is 6.35. The van der Waals surface area contributed by atoms with Crippen molar-refractivity contribution in [3.05, 3.63) is 63.6 Å². The van der Waals surface area contributed by atoms with Gasteiger partial charge in [0.15, 0.2) is 5.78 Å². The zero-order valence-corrected chi connectivity index (χ0v) is 12.5. The first-order chi connectivity index (χ1) is 9.60. The summed E-state index contributed by atoms with van der Waals surface area (Å²) >= 11 is 11.9. The lowest BCUT2D eigenvalue weighted by Gasteiger charge is -2.06. The van der Waals surface area contributed by atoms with E-state index in [4.69, 9.17) is 27.9 Å². The second-order valence-electron chi connectivity index (χ2n) is 4.29. The highest BCUT2D eigenvalue weighted by Gasteiger charge is 2.10. The Labute approximate surface area is 128 Å². The van der Waals surface area contributed by atoms with Crippen LogP contribution in [-0.4, -0.2) is 12.4 Å². The van der Waals surface area contributed by atoms with Gasteiger partial charge in [0.05, 0.1) is 6.61 Å². The first-order valence-electron chi connectivity index (χ1n) is 6.30. The lowest BCUT2D eigenvalue weighted by atomic mass is 10.0. The SMILES string of the molecule is CCOc1ccc(C(=O)Cc2ccc(Cl)cc2Cl)cc1. The van der Waals surface area contributed by atoms with Gasteiger partial charge in [-0.05, 0) is 48.9 Å². The highest BCUT2D eigenvalue weighted by atomic mass is 35.5. The van der Waals surface area contributed by atoms with Gasteiger partial charge in [-0.15, -0.1) is 0 Å². The van der Waals surface area contributed by atoms with Crippen LogP contribution in [0.3, 0.4) is 0 Å². The Balaban J connectivity index is 2.11. The molecule has 0 radical (unpaired) electrons. The number of ketones is 1. The number of Topliss-reactive ketones (excluding diaryl/α,β-unsaturated/α-hetero) is 1. The van der Waals surface area contributed by atoms with E-state index in [1.54, 1.807) is 42.5 Å². The summed E-state index contributed by atoms with van der Waals surface area (Å²) in [7, 11) is 0. The highest BCUT2D eigenvalue weighted by Crippen LogP contribution is 2.22. The van der Waals surface area contributed by atoms with E-state index in [0.717, 1.165) is 11.3 Å². The van der Waals surface area contributed by atoms with Crippen LogP contribution in [0.1, 0.15) is 22.8 Å². The summed E-state index contributed by atoms with van der Waals surface area (Å²) in [6, 6.07) is 12.3. The fourth-order valence-electron chi connectivity index (χ4n) is 1.84. The number of carbonyl (C=O) groups is 1. The Kier molecular flexibility index (Phi) is 5.05. The topological polar surface area (TPSA) is 26.3 Å². The van der Waals surface area contributed by atoms with Gasteiger partial charge in [0.1, 0.15) is 5.75 Å². The number of ether oxygens (including phenoxy) is 1. The summed E-state index contributed by atoms with van der Waals surface area (Å²) in [6.45, 7) is 2.52. The molecular formula is C16H14Cl2O2. The Morgan fingerprint density at radius 2 is 1.80 bits per heavy atom. The molecule has 0 aliphatic heterocycles. The fraction of sp³-hybridized carbons (Fsp3) is 0.188. The summed E-state index contributed by atoms with van der Waals surface area (Å²) in [5, 5.41) is 1.07. The first-order valence-corrected chi connectivity index (χ1v) is 7.05. The molecule has 0 N–H and O–H groups in total. The minimum absolute atomic E-state index is 0.0114. The summed E-state index contributed by atoms with van der Waals surface area (Å²) in [5.41, 5.74) is 1.41. The van der Waals surface area contributed by atoms with Crippen molar-refractivity contribution >= 4 is 29.0 Å². The van der Waals surface area contributed by atoms with Crippen LogP contribution >= 0.6 is 23.2 Å². The molecule has 0 saturated carbocycles. The van der Waals surface area contributed by atoms with Crippen molar-refractivity contribution < 1.29 is 9.53 Å². The van der Waals surface area contributed by atoms with E-state index < -0.39 is 0 Å². The quantitative estimate of drug-likeness (QED) is 0.740. The van der Waals surface area contributed by atoms with Gasteiger partial charge >= 0.3 is 0 Å². The van der Waals surface area contributed by atoms with Gasteiger partial charge < -0.3 is 4.74 Å². The van der Waals surface area contributed by atoms with E-state index in [-0.39, 0.29) is 12.2 Å². The van der Waals surface area contributed by atoms with Crippen LogP contribution in [0.5, 0.6) is 5.75 Å². The van der Waals surface area contributed by atoms with Gasteiger partial charge in [0.2, 0.25) is 0 Å². The first kappa shape index (κ1) is 14.9. The zero-order valence-electron chi connectivity index (χ0n) is 11.0. The summed E-state index contributed by atoms with van der Waals surface area (Å²) in [6.07, 6.45) is 0.254. The van der Waals surface area contributed by atoms with Gasteiger partial charge in [-0.1, -0.05) is 29.3 Å². The molecule has 2 aromatic rings. The average molecular weight is 309 g/mol. The number of hydrogen-bond donors (Lipinski definition) is 0. The maximum absolute atomic E-state index is 12.2. The summed E-state index contributed by atoms with van der Waals surface area (Å²) < 4.78 is 5.34. The maximum Gasteiger partial charge on any atom is 0.167 e. The van der Waals surface area contributed by atoms with Crippen LogP contribution in [0.15, 0.2) is 42.5 Å². The molecule has 0 spiro atoms. The molecule has 0 aliphatic carbocycles. The van der Waals surface area contributed by atoms with E-state index in [0.29, 0.717) is 22.2 Å². The minimum atomic E-state index is 0.0114. The molecule has 0 bridgehead atoms.